The summed E-state index contributed by atoms with van der Waals surface area (Å²) in [6.45, 7) is 2.68. The standard InChI is InChI=1S/C13H16O2/c1-10-9-15-13(14)12(10)8-7-11-5-3-2-4-6-11/h2-6,10,12H,7-9H2,1H3. The summed E-state index contributed by atoms with van der Waals surface area (Å²) in [5.41, 5.74) is 1.30. The number of hydrogen-bond acceptors (Lipinski definition) is 2. The van der Waals surface area contributed by atoms with E-state index in [2.05, 4.69) is 19.1 Å². The molecule has 0 saturated carbocycles. The molecule has 1 aliphatic heterocycles. The average molecular weight is 204 g/mol. The Morgan fingerprint density at radius 3 is 2.67 bits per heavy atom. The Morgan fingerprint density at radius 1 is 1.33 bits per heavy atom. The summed E-state index contributed by atoms with van der Waals surface area (Å²) in [7, 11) is 0. The average Bonchev–Trinajstić information content (AvgIpc) is 2.58. The van der Waals surface area contributed by atoms with Crippen LogP contribution >= 0.6 is 0 Å². The van der Waals surface area contributed by atoms with Crippen LogP contribution in [0.3, 0.4) is 0 Å². The van der Waals surface area contributed by atoms with E-state index in [1.807, 2.05) is 18.2 Å². The van der Waals surface area contributed by atoms with E-state index in [0.717, 1.165) is 12.8 Å². The molecule has 1 aliphatic rings. The third-order valence-electron chi connectivity index (χ3n) is 3.06. The van der Waals surface area contributed by atoms with E-state index < -0.39 is 0 Å². The SMILES string of the molecule is CC1COC(=O)C1CCc1ccccc1. The lowest BCUT2D eigenvalue weighted by Crippen LogP contribution is -2.14. The van der Waals surface area contributed by atoms with Gasteiger partial charge in [0.05, 0.1) is 12.5 Å². The van der Waals surface area contributed by atoms with Gasteiger partial charge in [-0.3, -0.25) is 4.79 Å². The Labute approximate surface area is 90.3 Å². The van der Waals surface area contributed by atoms with Crippen LogP contribution in [0, 0.1) is 11.8 Å². The predicted octanol–water partition coefficient (Wildman–Crippen LogP) is 2.43. The van der Waals surface area contributed by atoms with E-state index in [1.54, 1.807) is 0 Å². The second kappa shape index (κ2) is 4.47. The summed E-state index contributed by atoms with van der Waals surface area (Å²) in [6.07, 6.45) is 1.87. The van der Waals surface area contributed by atoms with E-state index in [9.17, 15) is 4.79 Å². The van der Waals surface area contributed by atoms with Crippen molar-refractivity contribution in [3.63, 3.8) is 0 Å². The van der Waals surface area contributed by atoms with Crippen molar-refractivity contribution >= 4 is 5.97 Å². The van der Waals surface area contributed by atoms with Crippen LogP contribution in [0.4, 0.5) is 0 Å². The van der Waals surface area contributed by atoms with Gasteiger partial charge in [-0.05, 0) is 18.4 Å². The lowest BCUT2D eigenvalue weighted by Gasteiger charge is -2.09. The van der Waals surface area contributed by atoms with Crippen molar-refractivity contribution in [2.75, 3.05) is 6.61 Å². The van der Waals surface area contributed by atoms with Crippen molar-refractivity contribution < 1.29 is 9.53 Å². The van der Waals surface area contributed by atoms with Gasteiger partial charge in [0, 0.05) is 5.92 Å². The molecule has 1 heterocycles. The van der Waals surface area contributed by atoms with Crippen LogP contribution in [0.25, 0.3) is 0 Å². The topological polar surface area (TPSA) is 26.3 Å². The highest BCUT2D eigenvalue weighted by molar-refractivity contribution is 5.74. The van der Waals surface area contributed by atoms with Crippen LogP contribution in [0.2, 0.25) is 0 Å². The van der Waals surface area contributed by atoms with Gasteiger partial charge >= 0.3 is 5.97 Å². The Kier molecular flexibility index (Phi) is 3.05. The molecular weight excluding hydrogens is 188 g/mol. The van der Waals surface area contributed by atoms with Gasteiger partial charge in [0.1, 0.15) is 0 Å². The molecule has 0 N–H and O–H groups in total. The summed E-state index contributed by atoms with van der Waals surface area (Å²) in [6, 6.07) is 10.3. The van der Waals surface area contributed by atoms with Crippen LogP contribution in [-0.2, 0) is 16.0 Å². The number of ether oxygens (including phenoxy) is 1. The number of hydrogen-bond donors (Lipinski definition) is 0. The molecule has 1 aromatic rings. The third kappa shape index (κ3) is 2.38. The number of rotatable bonds is 3. The highest BCUT2D eigenvalue weighted by Gasteiger charge is 2.32. The molecule has 0 radical (unpaired) electrons. The van der Waals surface area contributed by atoms with Crippen LogP contribution in [0.15, 0.2) is 30.3 Å². The summed E-state index contributed by atoms with van der Waals surface area (Å²) in [5.74, 6) is 0.463. The van der Waals surface area contributed by atoms with Crippen molar-refractivity contribution in [2.24, 2.45) is 11.8 Å². The molecule has 0 amide bonds. The van der Waals surface area contributed by atoms with Gasteiger partial charge in [0.15, 0.2) is 0 Å². The first-order chi connectivity index (χ1) is 7.27. The van der Waals surface area contributed by atoms with E-state index in [0.29, 0.717) is 12.5 Å². The molecule has 15 heavy (non-hydrogen) atoms. The Hall–Kier alpha value is -1.31. The molecule has 1 aromatic carbocycles. The predicted molar refractivity (Wildman–Crippen MR) is 58.4 cm³/mol. The molecule has 2 rings (SSSR count). The fraction of sp³-hybridized carbons (Fsp3) is 0.462. The molecule has 2 unspecified atom stereocenters. The third-order valence-corrected chi connectivity index (χ3v) is 3.06. The zero-order valence-corrected chi connectivity index (χ0v) is 8.98. The van der Waals surface area contributed by atoms with Crippen molar-refractivity contribution in [3.05, 3.63) is 35.9 Å². The number of esters is 1. The zero-order chi connectivity index (χ0) is 10.7. The van der Waals surface area contributed by atoms with E-state index >= 15 is 0 Å². The van der Waals surface area contributed by atoms with Crippen molar-refractivity contribution in [1.29, 1.82) is 0 Å². The van der Waals surface area contributed by atoms with E-state index in [1.165, 1.54) is 5.56 Å². The normalized spacial score (nSPS) is 25.3. The van der Waals surface area contributed by atoms with Crippen LogP contribution < -0.4 is 0 Å². The molecule has 2 heteroatoms. The Balaban J connectivity index is 1.91. The van der Waals surface area contributed by atoms with Gasteiger partial charge in [-0.1, -0.05) is 37.3 Å². The van der Waals surface area contributed by atoms with Crippen LogP contribution in [0.1, 0.15) is 18.9 Å². The number of carbonyl (C=O) groups excluding carboxylic acids is 1. The van der Waals surface area contributed by atoms with Crippen molar-refractivity contribution in [3.8, 4) is 0 Å². The van der Waals surface area contributed by atoms with Gasteiger partial charge in [0.25, 0.3) is 0 Å². The minimum atomic E-state index is -0.0153. The number of cyclic esters (lactones) is 1. The smallest absolute Gasteiger partial charge is 0.309 e. The summed E-state index contributed by atoms with van der Waals surface area (Å²) >= 11 is 0. The molecule has 1 saturated heterocycles. The minimum absolute atomic E-state index is 0.0153. The second-order valence-corrected chi connectivity index (χ2v) is 4.24. The molecule has 1 fully saturated rings. The molecule has 0 aliphatic carbocycles. The molecule has 80 valence electrons. The van der Waals surface area contributed by atoms with Crippen LogP contribution in [-0.4, -0.2) is 12.6 Å². The number of aryl methyl sites for hydroxylation is 1. The van der Waals surface area contributed by atoms with Gasteiger partial charge < -0.3 is 4.74 Å². The van der Waals surface area contributed by atoms with Gasteiger partial charge in [0.2, 0.25) is 0 Å². The highest BCUT2D eigenvalue weighted by atomic mass is 16.5. The maximum absolute atomic E-state index is 11.4. The van der Waals surface area contributed by atoms with E-state index in [4.69, 9.17) is 4.74 Å². The van der Waals surface area contributed by atoms with Gasteiger partial charge in [-0.25, -0.2) is 0 Å². The largest absolute Gasteiger partial charge is 0.465 e. The van der Waals surface area contributed by atoms with Crippen molar-refractivity contribution in [2.45, 2.75) is 19.8 Å². The molecular formula is C13H16O2. The summed E-state index contributed by atoms with van der Waals surface area (Å²) in [5, 5.41) is 0. The summed E-state index contributed by atoms with van der Waals surface area (Å²) < 4.78 is 5.03. The van der Waals surface area contributed by atoms with E-state index in [-0.39, 0.29) is 11.9 Å². The molecule has 0 bridgehead atoms. The molecule has 2 nitrogen and oxygen atoms in total. The second-order valence-electron chi connectivity index (χ2n) is 4.24. The number of benzene rings is 1. The minimum Gasteiger partial charge on any atom is -0.465 e. The molecule has 0 aromatic heterocycles. The first kappa shape index (κ1) is 10.2. The molecule has 0 spiro atoms. The van der Waals surface area contributed by atoms with Gasteiger partial charge in [-0.2, -0.15) is 0 Å². The maximum Gasteiger partial charge on any atom is 0.309 e. The lowest BCUT2D eigenvalue weighted by molar-refractivity contribution is -0.141. The van der Waals surface area contributed by atoms with Gasteiger partial charge in [-0.15, -0.1) is 0 Å². The zero-order valence-electron chi connectivity index (χ0n) is 8.98. The molecule has 2 atom stereocenters. The Bertz CT molecular complexity index is 332. The quantitative estimate of drug-likeness (QED) is 0.707. The lowest BCUT2D eigenvalue weighted by atomic mass is 9.91. The highest BCUT2D eigenvalue weighted by Crippen LogP contribution is 2.26. The van der Waals surface area contributed by atoms with Crippen molar-refractivity contribution in [1.82, 2.24) is 0 Å². The maximum atomic E-state index is 11.4. The Morgan fingerprint density at radius 2 is 2.07 bits per heavy atom. The fourth-order valence-electron chi connectivity index (χ4n) is 2.04. The number of carbonyl (C=O) groups is 1. The first-order valence-corrected chi connectivity index (χ1v) is 5.48. The summed E-state index contributed by atoms with van der Waals surface area (Å²) in [4.78, 5) is 11.4. The fourth-order valence-corrected chi connectivity index (χ4v) is 2.04. The first-order valence-electron chi connectivity index (χ1n) is 5.48. The van der Waals surface area contributed by atoms with Crippen LogP contribution in [0.5, 0.6) is 0 Å². The monoisotopic (exact) mass is 204 g/mol.